The number of rotatable bonds is 5. The van der Waals surface area contributed by atoms with E-state index < -0.39 is 6.04 Å². The van der Waals surface area contributed by atoms with Crippen LogP contribution in [0.5, 0.6) is 0 Å². The van der Waals surface area contributed by atoms with Crippen molar-refractivity contribution in [3.8, 4) is 0 Å². The number of halogens is 1. The molecule has 0 spiro atoms. The number of carbonyl (C=O) groups excluding carboxylic acids is 2. The maximum Gasteiger partial charge on any atom is 0.253 e. The van der Waals surface area contributed by atoms with Crippen LogP contribution in [0.25, 0.3) is 0 Å². The first-order valence-electron chi connectivity index (χ1n) is 6.08. The standard InChI is InChI=1S/C13H18ClN3O2/c1-8(2)6-10(13(19)15-3)17-12(18)9-4-5-11(14)16-7-9/h4-5,7-8,10H,6H2,1-3H3,(H,15,19)(H,17,18). The van der Waals surface area contributed by atoms with Crippen molar-refractivity contribution >= 4 is 23.4 Å². The fraction of sp³-hybridized carbons (Fsp3) is 0.462. The molecule has 104 valence electrons. The van der Waals surface area contributed by atoms with Crippen molar-refractivity contribution in [3.63, 3.8) is 0 Å². The van der Waals surface area contributed by atoms with Gasteiger partial charge in [0, 0.05) is 13.2 Å². The Morgan fingerprint density at radius 3 is 2.53 bits per heavy atom. The Morgan fingerprint density at radius 1 is 1.37 bits per heavy atom. The molecule has 0 saturated heterocycles. The number of amides is 2. The van der Waals surface area contributed by atoms with Crippen molar-refractivity contribution in [2.45, 2.75) is 26.3 Å². The van der Waals surface area contributed by atoms with E-state index in [4.69, 9.17) is 11.6 Å². The lowest BCUT2D eigenvalue weighted by Gasteiger charge is -2.19. The molecule has 5 nitrogen and oxygen atoms in total. The van der Waals surface area contributed by atoms with Crippen molar-refractivity contribution in [1.29, 1.82) is 0 Å². The van der Waals surface area contributed by atoms with E-state index in [9.17, 15) is 9.59 Å². The van der Waals surface area contributed by atoms with Crippen molar-refractivity contribution in [2.24, 2.45) is 5.92 Å². The molecule has 1 atom stereocenters. The maximum absolute atomic E-state index is 12.0. The maximum atomic E-state index is 12.0. The molecule has 0 aliphatic heterocycles. The van der Waals surface area contributed by atoms with E-state index in [2.05, 4.69) is 15.6 Å². The molecule has 2 amide bonds. The second kappa shape index (κ2) is 7.09. The molecule has 1 rings (SSSR count). The van der Waals surface area contributed by atoms with E-state index in [0.717, 1.165) is 0 Å². The lowest BCUT2D eigenvalue weighted by Crippen LogP contribution is -2.46. The summed E-state index contributed by atoms with van der Waals surface area (Å²) in [6, 6.07) is 2.56. The molecular formula is C13H18ClN3O2. The molecule has 6 heteroatoms. The van der Waals surface area contributed by atoms with Crippen molar-refractivity contribution in [2.75, 3.05) is 7.05 Å². The van der Waals surface area contributed by atoms with Gasteiger partial charge in [0.15, 0.2) is 0 Å². The second-order valence-corrected chi connectivity index (χ2v) is 5.03. The predicted molar refractivity (Wildman–Crippen MR) is 74.0 cm³/mol. The van der Waals surface area contributed by atoms with Gasteiger partial charge in [-0.2, -0.15) is 0 Å². The monoisotopic (exact) mass is 283 g/mol. The lowest BCUT2D eigenvalue weighted by molar-refractivity contribution is -0.122. The SMILES string of the molecule is CNC(=O)C(CC(C)C)NC(=O)c1ccc(Cl)nc1. The first-order chi connectivity index (χ1) is 8.93. The minimum absolute atomic E-state index is 0.205. The summed E-state index contributed by atoms with van der Waals surface area (Å²) in [6.45, 7) is 3.98. The summed E-state index contributed by atoms with van der Waals surface area (Å²) in [6.07, 6.45) is 1.96. The van der Waals surface area contributed by atoms with Gasteiger partial charge in [0.05, 0.1) is 5.56 Å². The number of nitrogens with zero attached hydrogens (tertiary/aromatic N) is 1. The van der Waals surface area contributed by atoms with E-state index in [0.29, 0.717) is 23.1 Å². The van der Waals surface area contributed by atoms with Crippen LogP contribution in [0.4, 0.5) is 0 Å². The number of aromatic nitrogens is 1. The van der Waals surface area contributed by atoms with Gasteiger partial charge in [-0.1, -0.05) is 25.4 Å². The van der Waals surface area contributed by atoms with Gasteiger partial charge in [0.25, 0.3) is 5.91 Å². The summed E-state index contributed by atoms with van der Waals surface area (Å²) in [5.41, 5.74) is 0.377. The zero-order valence-electron chi connectivity index (χ0n) is 11.2. The van der Waals surface area contributed by atoms with Crippen molar-refractivity contribution in [1.82, 2.24) is 15.6 Å². The van der Waals surface area contributed by atoms with Gasteiger partial charge in [-0.25, -0.2) is 4.98 Å². The van der Waals surface area contributed by atoms with Crippen LogP contribution >= 0.6 is 11.6 Å². The Labute approximate surface area is 117 Å². The molecule has 1 heterocycles. The summed E-state index contributed by atoms with van der Waals surface area (Å²) < 4.78 is 0. The Kier molecular flexibility index (Phi) is 5.76. The van der Waals surface area contributed by atoms with Crippen LogP contribution in [0.15, 0.2) is 18.3 Å². The predicted octanol–water partition coefficient (Wildman–Crippen LogP) is 1.63. The number of pyridine rings is 1. The van der Waals surface area contributed by atoms with Crippen LogP contribution in [0.1, 0.15) is 30.6 Å². The van der Waals surface area contributed by atoms with Crippen LogP contribution in [-0.2, 0) is 4.79 Å². The quantitative estimate of drug-likeness (QED) is 0.807. The fourth-order valence-electron chi connectivity index (χ4n) is 1.63. The van der Waals surface area contributed by atoms with Crippen LogP contribution in [0.3, 0.4) is 0 Å². The summed E-state index contributed by atoms with van der Waals surface area (Å²) in [5.74, 6) is -0.242. The van der Waals surface area contributed by atoms with Crippen LogP contribution in [0.2, 0.25) is 5.15 Å². The lowest BCUT2D eigenvalue weighted by atomic mass is 10.0. The van der Waals surface area contributed by atoms with Crippen LogP contribution < -0.4 is 10.6 Å². The topological polar surface area (TPSA) is 71.1 Å². The molecular weight excluding hydrogens is 266 g/mol. The van der Waals surface area contributed by atoms with E-state index in [1.54, 1.807) is 13.1 Å². The Hall–Kier alpha value is -1.62. The molecule has 0 aromatic carbocycles. The summed E-state index contributed by atoms with van der Waals surface area (Å²) in [4.78, 5) is 27.5. The van der Waals surface area contributed by atoms with E-state index in [-0.39, 0.29) is 11.8 Å². The number of nitrogens with one attached hydrogen (secondary N) is 2. The third-order valence-electron chi connectivity index (χ3n) is 2.56. The zero-order chi connectivity index (χ0) is 14.4. The Balaban J connectivity index is 2.75. The highest BCUT2D eigenvalue weighted by atomic mass is 35.5. The highest BCUT2D eigenvalue weighted by Crippen LogP contribution is 2.08. The van der Waals surface area contributed by atoms with Crippen LogP contribution in [0, 0.1) is 5.92 Å². The smallest absolute Gasteiger partial charge is 0.253 e. The molecule has 1 unspecified atom stereocenters. The minimum Gasteiger partial charge on any atom is -0.357 e. The summed E-state index contributed by atoms with van der Waals surface area (Å²) in [7, 11) is 1.55. The Bertz CT molecular complexity index is 446. The Morgan fingerprint density at radius 2 is 2.05 bits per heavy atom. The molecule has 0 bridgehead atoms. The molecule has 0 fully saturated rings. The molecule has 0 saturated carbocycles. The third kappa shape index (κ3) is 4.87. The van der Waals surface area contributed by atoms with E-state index in [1.165, 1.54) is 12.3 Å². The number of hydrogen-bond acceptors (Lipinski definition) is 3. The fourth-order valence-corrected chi connectivity index (χ4v) is 1.74. The molecule has 0 radical (unpaired) electrons. The van der Waals surface area contributed by atoms with Gasteiger partial charge >= 0.3 is 0 Å². The molecule has 0 aliphatic rings. The number of likely N-dealkylation sites (N-methyl/N-ethyl adjacent to an activating group) is 1. The van der Waals surface area contributed by atoms with E-state index in [1.807, 2.05) is 13.8 Å². The number of carbonyl (C=O) groups is 2. The molecule has 2 N–H and O–H groups in total. The average Bonchev–Trinajstić information content (AvgIpc) is 2.37. The van der Waals surface area contributed by atoms with Crippen molar-refractivity contribution < 1.29 is 9.59 Å². The molecule has 19 heavy (non-hydrogen) atoms. The second-order valence-electron chi connectivity index (χ2n) is 4.64. The van der Waals surface area contributed by atoms with Crippen molar-refractivity contribution in [3.05, 3.63) is 29.0 Å². The first kappa shape index (κ1) is 15.4. The summed E-state index contributed by atoms with van der Waals surface area (Å²) >= 11 is 5.66. The number of hydrogen-bond donors (Lipinski definition) is 2. The van der Waals surface area contributed by atoms with Gasteiger partial charge in [-0.3, -0.25) is 9.59 Å². The normalized spacial score (nSPS) is 12.1. The third-order valence-corrected chi connectivity index (χ3v) is 2.79. The van der Waals surface area contributed by atoms with Crippen LogP contribution in [-0.4, -0.2) is 29.9 Å². The van der Waals surface area contributed by atoms with Gasteiger partial charge in [0.1, 0.15) is 11.2 Å². The van der Waals surface area contributed by atoms with Gasteiger partial charge in [0.2, 0.25) is 5.91 Å². The molecule has 1 aromatic rings. The minimum atomic E-state index is -0.548. The van der Waals surface area contributed by atoms with Gasteiger partial charge in [-0.15, -0.1) is 0 Å². The molecule has 1 aromatic heterocycles. The summed E-state index contributed by atoms with van der Waals surface area (Å²) in [5, 5.41) is 5.57. The molecule has 0 aliphatic carbocycles. The van der Waals surface area contributed by atoms with Gasteiger partial charge < -0.3 is 10.6 Å². The largest absolute Gasteiger partial charge is 0.357 e. The highest BCUT2D eigenvalue weighted by molar-refractivity contribution is 6.29. The highest BCUT2D eigenvalue weighted by Gasteiger charge is 2.21. The van der Waals surface area contributed by atoms with E-state index >= 15 is 0 Å². The first-order valence-corrected chi connectivity index (χ1v) is 6.45. The van der Waals surface area contributed by atoms with Gasteiger partial charge in [-0.05, 0) is 24.5 Å². The average molecular weight is 284 g/mol. The zero-order valence-corrected chi connectivity index (χ0v) is 12.0.